The smallest absolute Gasteiger partial charge is 0.361 e. The fourth-order valence-corrected chi connectivity index (χ4v) is 3.13. The van der Waals surface area contributed by atoms with Gasteiger partial charge in [-0.25, -0.2) is 9.97 Å². The van der Waals surface area contributed by atoms with Gasteiger partial charge in [0.25, 0.3) is 0 Å². The standard InChI is InChI=1S/C17H23F4N3OSi/c1-26(2,3)7-6-25-12-24-14(8-13-4-5-22-15(18)9-13)11-23-16(24)10-17(19,20)21/h4-5,9,11H,6-8,10,12H2,1-3H3. The van der Waals surface area contributed by atoms with Gasteiger partial charge in [-0.05, 0) is 23.7 Å². The molecule has 0 spiro atoms. The summed E-state index contributed by atoms with van der Waals surface area (Å²) in [7, 11) is -1.29. The van der Waals surface area contributed by atoms with Gasteiger partial charge in [0.15, 0.2) is 0 Å². The Labute approximate surface area is 151 Å². The molecule has 0 radical (unpaired) electrons. The summed E-state index contributed by atoms with van der Waals surface area (Å²) < 4.78 is 58.7. The average Bonchev–Trinajstić information content (AvgIpc) is 2.83. The van der Waals surface area contributed by atoms with Gasteiger partial charge < -0.3 is 9.30 Å². The molecule has 0 aromatic carbocycles. The minimum Gasteiger partial charge on any atom is -0.361 e. The number of imidazole rings is 1. The molecule has 0 unspecified atom stereocenters. The van der Waals surface area contributed by atoms with Crippen molar-refractivity contribution in [3.8, 4) is 0 Å². The first-order chi connectivity index (χ1) is 12.0. The minimum absolute atomic E-state index is 0.00120. The predicted octanol–water partition coefficient (Wildman–Crippen LogP) is 4.43. The highest BCUT2D eigenvalue weighted by molar-refractivity contribution is 6.76. The van der Waals surface area contributed by atoms with Crippen LogP contribution in [0, 0.1) is 5.95 Å². The Morgan fingerprint density at radius 3 is 2.54 bits per heavy atom. The first-order valence-electron chi connectivity index (χ1n) is 8.32. The third-order valence-corrected chi connectivity index (χ3v) is 5.48. The topological polar surface area (TPSA) is 39.9 Å². The van der Waals surface area contributed by atoms with Gasteiger partial charge in [-0.2, -0.15) is 17.6 Å². The maximum absolute atomic E-state index is 13.3. The molecule has 0 N–H and O–H groups in total. The van der Waals surface area contributed by atoms with E-state index in [1.54, 1.807) is 6.07 Å². The summed E-state index contributed by atoms with van der Waals surface area (Å²) in [6.07, 6.45) is -2.52. The lowest BCUT2D eigenvalue weighted by molar-refractivity contribution is -0.129. The number of hydrogen-bond donors (Lipinski definition) is 0. The average molecular weight is 389 g/mol. The van der Waals surface area contributed by atoms with Gasteiger partial charge in [-0.15, -0.1) is 0 Å². The van der Waals surface area contributed by atoms with Crippen LogP contribution in [0.25, 0.3) is 0 Å². The first kappa shape index (κ1) is 20.6. The van der Waals surface area contributed by atoms with Crippen LogP contribution in [-0.2, 0) is 24.3 Å². The van der Waals surface area contributed by atoms with Crippen molar-refractivity contribution in [2.45, 2.75) is 51.4 Å². The quantitative estimate of drug-likeness (QED) is 0.290. The molecule has 9 heteroatoms. The summed E-state index contributed by atoms with van der Waals surface area (Å²) in [5.74, 6) is -0.731. The van der Waals surface area contributed by atoms with Crippen molar-refractivity contribution in [1.82, 2.24) is 14.5 Å². The molecule has 0 saturated carbocycles. The molecule has 0 atom stereocenters. The molecule has 2 aromatic rings. The van der Waals surface area contributed by atoms with Crippen LogP contribution in [0.5, 0.6) is 0 Å². The second-order valence-electron chi connectivity index (χ2n) is 7.40. The lowest BCUT2D eigenvalue weighted by Crippen LogP contribution is -2.23. The van der Waals surface area contributed by atoms with E-state index in [2.05, 4.69) is 29.6 Å². The summed E-state index contributed by atoms with van der Waals surface area (Å²) in [6, 6.07) is 3.80. The summed E-state index contributed by atoms with van der Waals surface area (Å²) in [4.78, 5) is 7.39. The maximum atomic E-state index is 13.3. The van der Waals surface area contributed by atoms with Crippen molar-refractivity contribution >= 4 is 8.07 Å². The Hall–Kier alpha value is -1.74. The van der Waals surface area contributed by atoms with Gasteiger partial charge in [0.05, 0.1) is 0 Å². The number of halogens is 4. The van der Waals surface area contributed by atoms with E-state index in [4.69, 9.17) is 4.74 Å². The molecule has 144 valence electrons. The summed E-state index contributed by atoms with van der Waals surface area (Å²) >= 11 is 0. The molecule has 26 heavy (non-hydrogen) atoms. The molecule has 0 amide bonds. The molecule has 0 saturated heterocycles. The van der Waals surface area contributed by atoms with Crippen LogP contribution in [0.1, 0.15) is 17.1 Å². The van der Waals surface area contributed by atoms with Crippen molar-refractivity contribution in [2.24, 2.45) is 0 Å². The van der Waals surface area contributed by atoms with E-state index in [0.717, 1.165) is 6.04 Å². The van der Waals surface area contributed by atoms with Crippen LogP contribution in [0.2, 0.25) is 25.7 Å². The van der Waals surface area contributed by atoms with Gasteiger partial charge in [0.1, 0.15) is 19.0 Å². The van der Waals surface area contributed by atoms with E-state index < -0.39 is 26.6 Å². The first-order valence-corrected chi connectivity index (χ1v) is 12.0. The third kappa shape index (κ3) is 6.87. The zero-order chi connectivity index (χ0) is 19.4. The fraction of sp³-hybridized carbons (Fsp3) is 0.529. The molecular formula is C17H23F4N3OSi. The summed E-state index contributed by atoms with van der Waals surface area (Å²) in [6.45, 7) is 7.09. The van der Waals surface area contributed by atoms with E-state index >= 15 is 0 Å². The van der Waals surface area contributed by atoms with Gasteiger partial charge in [-0.3, -0.25) is 0 Å². The lowest BCUT2D eigenvalue weighted by Gasteiger charge is -2.17. The largest absolute Gasteiger partial charge is 0.396 e. The van der Waals surface area contributed by atoms with Gasteiger partial charge in [0, 0.05) is 39.2 Å². The molecule has 0 fully saturated rings. The third-order valence-electron chi connectivity index (χ3n) is 3.77. The number of alkyl halides is 3. The van der Waals surface area contributed by atoms with Crippen molar-refractivity contribution in [3.05, 3.63) is 47.6 Å². The monoisotopic (exact) mass is 389 g/mol. The normalized spacial score (nSPS) is 12.6. The Kier molecular flexibility index (Phi) is 6.57. The zero-order valence-electron chi connectivity index (χ0n) is 15.1. The van der Waals surface area contributed by atoms with Crippen LogP contribution >= 0.6 is 0 Å². The van der Waals surface area contributed by atoms with Crippen molar-refractivity contribution < 1.29 is 22.3 Å². The van der Waals surface area contributed by atoms with Crippen LogP contribution in [0.15, 0.2) is 24.5 Å². The Morgan fingerprint density at radius 1 is 1.19 bits per heavy atom. The molecule has 0 bridgehead atoms. The van der Waals surface area contributed by atoms with Crippen molar-refractivity contribution in [2.75, 3.05) is 6.61 Å². The van der Waals surface area contributed by atoms with E-state index in [0.29, 0.717) is 17.9 Å². The molecule has 2 heterocycles. The van der Waals surface area contributed by atoms with E-state index in [-0.39, 0.29) is 19.0 Å². The SMILES string of the molecule is C[Si](C)(C)CCOCn1c(Cc2ccnc(F)c2)cnc1CC(F)(F)F. The molecule has 2 rings (SSSR count). The number of ether oxygens (including phenoxy) is 1. The van der Waals surface area contributed by atoms with Crippen LogP contribution in [-0.4, -0.2) is 35.4 Å². The van der Waals surface area contributed by atoms with Crippen molar-refractivity contribution in [3.63, 3.8) is 0 Å². The van der Waals surface area contributed by atoms with Gasteiger partial charge in [0.2, 0.25) is 5.95 Å². The Morgan fingerprint density at radius 2 is 1.92 bits per heavy atom. The highest BCUT2D eigenvalue weighted by Crippen LogP contribution is 2.22. The number of rotatable bonds is 8. The Bertz CT molecular complexity index is 726. The molecule has 0 aliphatic carbocycles. The second-order valence-corrected chi connectivity index (χ2v) is 13.0. The fourth-order valence-electron chi connectivity index (χ4n) is 2.37. The number of aromatic nitrogens is 3. The van der Waals surface area contributed by atoms with E-state index in [1.807, 2.05) is 0 Å². The molecule has 4 nitrogen and oxygen atoms in total. The van der Waals surface area contributed by atoms with Gasteiger partial charge >= 0.3 is 6.18 Å². The number of hydrogen-bond acceptors (Lipinski definition) is 3. The highest BCUT2D eigenvalue weighted by Gasteiger charge is 2.31. The second kappa shape index (κ2) is 8.30. The number of pyridine rings is 1. The molecule has 0 aliphatic heterocycles. The van der Waals surface area contributed by atoms with Crippen LogP contribution < -0.4 is 0 Å². The summed E-state index contributed by atoms with van der Waals surface area (Å²) in [5, 5.41) is 0. The lowest BCUT2D eigenvalue weighted by atomic mass is 10.1. The zero-order valence-corrected chi connectivity index (χ0v) is 16.1. The molecular weight excluding hydrogens is 366 g/mol. The predicted molar refractivity (Wildman–Crippen MR) is 93.1 cm³/mol. The molecule has 2 aromatic heterocycles. The van der Waals surface area contributed by atoms with Crippen molar-refractivity contribution in [1.29, 1.82) is 0 Å². The molecule has 0 aliphatic rings. The highest BCUT2D eigenvalue weighted by atomic mass is 28.3. The maximum Gasteiger partial charge on any atom is 0.396 e. The Balaban J connectivity index is 2.15. The van der Waals surface area contributed by atoms with Gasteiger partial charge in [-0.1, -0.05) is 19.6 Å². The minimum atomic E-state index is -4.36. The van der Waals surface area contributed by atoms with Crippen LogP contribution in [0.3, 0.4) is 0 Å². The van der Waals surface area contributed by atoms with Crippen LogP contribution in [0.4, 0.5) is 17.6 Å². The van der Waals surface area contributed by atoms with E-state index in [9.17, 15) is 17.6 Å². The van der Waals surface area contributed by atoms with E-state index in [1.165, 1.54) is 23.0 Å². The number of nitrogens with zero attached hydrogens (tertiary/aromatic N) is 3. The summed E-state index contributed by atoms with van der Waals surface area (Å²) in [5.41, 5.74) is 1.15.